The van der Waals surface area contributed by atoms with Gasteiger partial charge in [-0.05, 0) is 55.8 Å². The zero-order valence-electron chi connectivity index (χ0n) is 13.2. The Kier molecular flexibility index (Phi) is 2.83. The van der Waals surface area contributed by atoms with E-state index < -0.39 is 0 Å². The number of Topliss-reactive ketones (excluding diaryl/α,β-unsaturated/α-hetero) is 1. The topological polar surface area (TPSA) is 37.3 Å². The monoisotopic (exact) mass is 286 g/mol. The molecule has 114 valence electrons. The van der Waals surface area contributed by atoms with Crippen LogP contribution in [0.15, 0.2) is 23.3 Å². The Morgan fingerprint density at radius 2 is 1.76 bits per heavy atom. The standard InChI is InChI=1S/C19H26O2/c1-18-9-7-13(20)11-12(18)3-4-14-15-5-6-17(21)19(15,2)10-8-16(14)18/h3-4,13,15-16,20H,5-11H2,1-2H3/t13-,15+,16-,18+,19+/m1/s1. The maximum absolute atomic E-state index is 12.3. The molecule has 0 saturated heterocycles. The van der Waals surface area contributed by atoms with Crippen molar-refractivity contribution >= 4 is 5.78 Å². The number of carbonyl (C=O) groups excluding carboxylic acids is 1. The first-order chi connectivity index (χ1) is 9.95. The third kappa shape index (κ3) is 1.72. The van der Waals surface area contributed by atoms with Gasteiger partial charge in [-0.2, -0.15) is 0 Å². The van der Waals surface area contributed by atoms with Crippen LogP contribution in [0.5, 0.6) is 0 Å². The highest BCUT2D eigenvalue weighted by molar-refractivity contribution is 5.88. The Balaban J connectivity index is 1.75. The predicted molar refractivity (Wildman–Crippen MR) is 82.7 cm³/mol. The second-order valence-electron chi connectivity index (χ2n) is 8.20. The summed E-state index contributed by atoms with van der Waals surface area (Å²) in [6, 6.07) is 0. The van der Waals surface area contributed by atoms with Crippen molar-refractivity contribution in [3.63, 3.8) is 0 Å². The van der Waals surface area contributed by atoms with E-state index in [2.05, 4.69) is 26.0 Å². The molecule has 0 unspecified atom stereocenters. The molecule has 4 aliphatic rings. The molecule has 0 spiro atoms. The normalized spacial score (nSPS) is 48.9. The van der Waals surface area contributed by atoms with Crippen LogP contribution in [-0.2, 0) is 4.79 Å². The van der Waals surface area contributed by atoms with E-state index in [1.807, 2.05) is 0 Å². The molecule has 2 nitrogen and oxygen atoms in total. The Labute approximate surface area is 127 Å². The van der Waals surface area contributed by atoms with Crippen molar-refractivity contribution in [2.45, 2.75) is 64.9 Å². The minimum absolute atomic E-state index is 0.0851. The highest BCUT2D eigenvalue weighted by Gasteiger charge is 2.56. The maximum atomic E-state index is 12.3. The minimum Gasteiger partial charge on any atom is -0.393 e. The van der Waals surface area contributed by atoms with E-state index in [-0.39, 0.29) is 16.9 Å². The van der Waals surface area contributed by atoms with Gasteiger partial charge < -0.3 is 5.11 Å². The van der Waals surface area contributed by atoms with Crippen molar-refractivity contribution in [1.82, 2.24) is 0 Å². The third-order valence-electron chi connectivity index (χ3n) is 7.26. The Bertz CT molecular complexity index is 558. The summed E-state index contributed by atoms with van der Waals surface area (Å²) in [5.74, 6) is 1.57. The summed E-state index contributed by atoms with van der Waals surface area (Å²) >= 11 is 0. The van der Waals surface area contributed by atoms with Crippen LogP contribution in [0, 0.1) is 22.7 Å². The lowest BCUT2D eigenvalue weighted by molar-refractivity contribution is -0.127. The van der Waals surface area contributed by atoms with Crippen molar-refractivity contribution in [3.8, 4) is 0 Å². The van der Waals surface area contributed by atoms with Gasteiger partial charge >= 0.3 is 0 Å². The predicted octanol–water partition coefficient (Wildman–Crippen LogP) is 3.80. The molecule has 0 aromatic heterocycles. The van der Waals surface area contributed by atoms with E-state index in [0.717, 1.165) is 44.9 Å². The van der Waals surface area contributed by atoms with Crippen LogP contribution in [0.25, 0.3) is 0 Å². The molecular formula is C19H26O2. The van der Waals surface area contributed by atoms with Crippen molar-refractivity contribution in [3.05, 3.63) is 23.3 Å². The summed E-state index contributed by atoms with van der Waals surface area (Å²) in [4.78, 5) is 12.3. The van der Waals surface area contributed by atoms with Crippen molar-refractivity contribution in [2.75, 3.05) is 0 Å². The highest BCUT2D eigenvalue weighted by Crippen LogP contribution is 2.62. The molecule has 0 aromatic rings. The molecule has 1 N–H and O–H groups in total. The molecule has 2 heteroatoms. The van der Waals surface area contributed by atoms with Gasteiger partial charge in [0.15, 0.2) is 0 Å². The van der Waals surface area contributed by atoms with Gasteiger partial charge in [-0.3, -0.25) is 4.79 Å². The van der Waals surface area contributed by atoms with Crippen LogP contribution in [0.4, 0.5) is 0 Å². The summed E-state index contributed by atoms with van der Waals surface area (Å²) in [5.41, 5.74) is 3.15. The molecule has 4 aliphatic carbocycles. The SMILES string of the molecule is C[C@]12CC[C@@H](O)CC1=CC=C1[C@H]2CC[C@]2(C)C(=O)CC[C@@H]12. The fourth-order valence-corrected chi connectivity index (χ4v) is 5.76. The fraction of sp³-hybridized carbons (Fsp3) is 0.737. The van der Waals surface area contributed by atoms with Gasteiger partial charge in [0.2, 0.25) is 0 Å². The van der Waals surface area contributed by atoms with Gasteiger partial charge in [-0.25, -0.2) is 0 Å². The minimum atomic E-state index is -0.152. The van der Waals surface area contributed by atoms with Gasteiger partial charge in [0.05, 0.1) is 6.10 Å². The number of hydrogen-bond acceptors (Lipinski definition) is 2. The van der Waals surface area contributed by atoms with Crippen molar-refractivity contribution in [2.24, 2.45) is 22.7 Å². The molecule has 0 aromatic carbocycles. The lowest BCUT2D eigenvalue weighted by Gasteiger charge is -2.53. The van der Waals surface area contributed by atoms with E-state index >= 15 is 0 Å². The van der Waals surface area contributed by atoms with Gasteiger partial charge in [-0.1, -0.05) is 37.1 Å². The average molecular weight is 286 g/mol. The first kappa shape index (κ1) is 13.8. The summed E-state index contributed by atoms with van der Waals surface area (Å²) in [5, 5.41) is 9.98. The molecule has 5 atom stereocenters. The number of hydrogen-bond donors (Lipinski definition) is 1. The summed E-state index contributed by atoms with van der Waals surface area (Å²) in [7, 11) is 0. The largest absolute Gasteiger partial charge is 0.393 e. The number of aliphatic hydroxyl groups is 1. The van der Waals surface area contributed by atoms with Crippen LogP contribution in [0.1, 0.15) is 58.8 Å². The smallest absolute Gasteiger partial charge is 0.139 e. The van der Waals surface area contributed by atoms with Gasteiger partial charge in [-0.15, -0.1) is 0 Å². The summed E-state index contributed by atoms with van der Waals surface area (Å²) < 4.78 is 0. The molecule has 0 radical (unpaired) electrons. The van der Waals surface area contributed by atoms with Crippen molar-refractivity contribution in [1.29, 1.82) is 0 Å². The zero-order chi connectivity index (χ0) is 14.8. The number of ketones is 1. The molecule has 3 saturated carbocycles. The molecule has 21 heavy (non-hydrogen) atoms. The van der Waals surface area contributed by atoms with E-state index in [1.54, 1.807) is 5.57 Å². The number of rotatable bonds is 0. The first-order valence-corrected chi connectivity index (χ1v) is 8.57. The molecule has 0 bridgehead atoms. The highest BCUT2D eigenvalue weighted by atomic mass is 16.3. The number of carbonyl (C=O) groups is 1. The molecular weight excluding hydrogens is 260 g/mol. The lowest BCUT2D eigenvalue weighted by Crippen LogP contribution is -2.46. The van der Waals surface area contributed by atoms with Gasteiger partial charge in [0.1, 0.15) is 5.78 Å². The third-order valence-corrected chi connectivity index (χ3v) is 7.26. The van der Waals surface area contributed by atoms with Gasteiger partial charge in [0.25, 0.3) is 0 Å². The summed E-state index contributed by atoms with van der Waals surface area (Å²) in [6.07, 6.45) is 11.4. The second-order valence-corrected chi connectivity index (χ2v) is 8.20. The van der Waals surface area contributed by atoms with Crippen LogP contribution in [0.2, 0.25) is 0 Å². The fourth-order valence-electron chi connectivity index (χ4n) is 5.76. The Hall–Kier alpha value is -0.890. The average Bonchev–Trinajstić information content (AvgIpc) is 2.76. The quantitative estimate of drug-likeness (QED) is 0.735. The maximum Gasteiger partial charge on any atom is 0.139 e. The number of fused-ring (bicyclic) bond motifs is 5. The summed E-state index contributed by atoms with van der Waals surface area (Å²) in [6.45, 7) is 4.61. The molecule has 0 heterocycles. The van der Waals surface area contributed by atoms with Gasteiger partial charge in [0, 0.05) is 11.8 Å². The Morgan fingerprint density at radius 3 is 2.57 bits per heavy atom. The number of allylic oxidation sites excluding steroid dienone is 3. The van der Waals surface area contributed by atoms with Crippen LogP contribution in [-0.4, -0.2) is 17.0 Å². The lowest BCUT2D eigenvalue weighted by atomic mass is 9.51. The van der Waals surface area contributed by atoms with E-state index in [9.17, 15) is 9.90 Å². The second kappa shape index (κ2) is 4.32. The molecule has 3 fully saturated rings. The van der Waals surface area contributed by atoms with E-state index in [4.69, 9.17) is 0 Å². The van der Waals surface area contributed by atoms with Crippen LogP contribution < -0.4 is 0 Å². The molecule has 0 aliphatic heterocycles. The van der Waals surface area contributed by atoms with E-state index in [1.165, 1.54) is 5.57 Å². The van der Waals surface area contributed by atoms with Crippen molar-refractivity contribution < 1.29 is 9.90 Å². The molecule has 4 rings (SSSR count). The van der Waals surface area contributed by atoms with Crippen LogP contribution >= 0.6 is 0 Å². The molecule has 0 amide bonds. The first-order valence-electron chi connectivity index (χ1n) is 8.57. The Morgan fingerprint density at radius 1 is 1.05 bits per heavy atom. The van der Waals surface area contributed by atoms with Crippen LogP contribution in [0.3, 0.4) is 0 Å². The zero-order valence-corrected chi connectivity index (χ0v) is 13.2. The van der Waals surface area contributed by atoms with E-state index in [0.29, 0.717) is 17.6 Å². The number of aliphatic hydroxyl groups excluding tert-OH is 1.